The molecule has 3 N–H and O–H groups in total. The topological polar surface area (TPSA) is 85.8 Å². The zero-order valence-electron chi connectivity index (χ0n) is 13.6. The number of aryl methyl sites for hydroxylation is 2. The van der Waals surface area contributed by atoms with Crippen molar-refractivity contribution < 1.29 is 4.79 Å². The molecular weight excluding hydrogens is 337 g/mol. The van der Waals surface area contributed by atoms with Gasteiger partial charge in [0, 0.05) is 11.7 Å². The Morgan fingerprint density at radius 2 is 1.91 bits per heavy atom. The molecule has 2 aromatic rings. The summed E-state index contributed by atoms with van der Waals surface area (Å²) in [5.74, 6) is 0.366. The van der Waals surface area contributed by atoms with Gasteiger partial charge in [-0.05, 0) is 39.0 Å². The molecular formula is C15H23Cl2N5O. The van der Waals surface area contributed by atoms with Crippen LogP contribution in [0.3, 0.4) is 0 Å². The lowest BCUT2D eigenvalue weighted by Gasteiger charge is -2.15. The number of amides is 1. The third kappa shape index (κ3) is 5.20. The van der Waals surface area contributed by atoms with E-state index in [4.69, 9.17) is 5.73 Å². The molecule has 0 saturated carbocycles. The number of rotatable bonds is 4. The molecule has 0 saturated heterocycles. The van der Waals surface area contributed by atoms with E-state index in [1.54, 1.807) is 17.8 Å². The molecule has 1 amide bonds. The predicted octanol–water partition coefficient (Wildman–Crippen LogP) is 2.65. The molecule has 0 aromatic carbocycles. The highest BCUT2D eigenvalue weighted by atomic mass is 35.5. The molecule has 2 heterocycles. The highest BCUT2D eigenvalue weighted by Gasteiger charge is 2.17. The van der Waals surface area contributed by atoms with Crippen LogP contribution in [0.2, 0.25) is 0 Å². The largest absolute Gasteiger partial charge is 0.327 e. The second kappa shape index (κ2) is 8.86. The van der Waals surface area contributed by atoms with Gasteiger partial charge < -0.3 is 11.1 Å². The maximum Gasteiger partial charge on any atom is 0.228 e. The number of halogens is 2. The fourth-order valence-corrected chi connectivity index (χ4v) is 1.94. The van der Waals surface area contributed by atoms with Crippen molar-refractivity contribution in [2.24, 2.45) is 11.7 Å². The summed E-state index contributed by atoms with van der Waals surface area (Å²) in [6.07, 6.45) is 1.62. The smallest absolute Gasteiger partial charge is 0.228 e. The fourth-order valence-electron chi connectivity index (χ4n) is 1.94. The first-order valence-electron chi connectivity index (χ1n) is 6.94. The monoisotopic (exact) mass is 359 g/mol. The van der Waals surface area contributed by atoms with Crippen molar-refractivity contribution in [1.29, 1.82) is 0 Å². The number of hydrogen-bond acceptors (Lipinski definition) is 4. The Hall–Kier alpha value is -1.63. The van der Waals surface area contributed by atoms with E-state index in [1.165, 1.54) is 0 Å². The Kier molecular flexibility index (Phi) is 8.23. The highest BCUT2D eigenvalue weighted by molar-refractivity contribution is 5.92. The molecule has 23 heavy (non-hydrogen) atoms. The average Bonchev–Trinajstić information content (AvgIpc) is 2.77. The quantitative estimate of drug-likeness (QED) is 0.878. The summed E-state index contributed by atoms with van der Waals surface area (Å²) in [6, 6.07) is 5.43. The molecule has 0 aliphatic carbocycles. The molecule has 8 heteroatoms. The van der Waals surface area contributed by atoms with Crippen LogP contribution in [0.5, 0.6) is 0 Å². The van der Waals surface area contributed by atoms with E-state index in [9.17, 15) is 4.79 Å². The lowest BCUT2D eigenvalue weighted by Crippen LogP contribution is -2.34. The van der Waals surface area contributed by atoms with Gasteiger partial charge in [0.05, 0.1) is 23.5 Å². The van der Waals surface area contributed by atoms with Gasteiger partial charge in [-0.2, -0.15) is 5.10 Å². The SMILES string of the molecule is Cc1cc(C)n(-c2ccc(NC(=O)C(C)C(C)N)cn2)n1.Cl.Cl. The normalized spacial score (nSPS) is 12.6. The molecule has 6 nitrogen and oxygen atoms in total. The standard InChI is InChI=1S/C15H21N5O.2ClH/c1-9-7-10(2)20(19-9)14-6-5-13(8-17-14)18-15(21)11(3)12(4)16;;/h5-8,11-12H,16H2,1-4H3,(H,18,21);2*1H. The second-order valence-corrected chi connectivity index (χ2v) is 5.38. The molecule has 2 rings (SSSR count). The van der Waals surface area contributed by atoms with Gasteiger partial charge in [0.2, 0.25) is 5.91 Å². The van der Waals surface area contributed by atoms with Crippen LogP contribution in [0, 0.1) is 19.8 Å². The summed E-state index contributed by atoms with van der Waals surface area (Å²) in [5, 5.41) is 7.18. The minimum Gasteiger partial charge on any atom is -0.327 e. The van der Waals surface area contributed by atoms with E-state index in [0.29, 0.717) is 5.69 Å². The van der Waals surface area contributed by atoms with Gasteiger partial charge in [-0.3, -0.25) is 4.79 Å². The van der Waals surface area contributed by atoms with Crippen LogP contribution < -0.4 is 11.1 Å². The van der Waals surface area contributed by atoms with Crippen LogP contribution in [0.15, 0.2) is 24.4 Å². The first-order chi connectivity index (χ1) is 9.88. The summed E-state index contributed by atoms with van der Waals surface area (Å²) in [7, 11) is 0. The molecule has 0 aliphatic rings. The van der Waals surface area contributed by atoms with Crippen LogP contribution in [-0.2, 0) is 4.79 Å². The van der Waals surface area contributed by atoms with Gasteiger partial charge in [0.15, 0.2) is 5.82 Å². The zero-order valence-corrected chi connectivity index (χ0v) is 15.2. The van der Waals surface area contributed by atoms with Crippen molar-refractivity contribution in [2.75, 3.05) is 5.32 Å². The first kappa shape index (κ1) is 21.4. The van der Waals surface area contributed by atoms with Gasteiger partial charge in [0.1, 0.15) is 0 Å². The molecule has 0 fully saturated rings. The predicted molar refractivity (Wildman–Crippen MR) is 96.8 cm³/mol. The summed E-state index contributed by atoms with van der Waals surface area (Å²) in [6.45, 7) is 7.53. The fraction of sp³-hybridized carbons (Fsp3) is 0.400. The number of carbonyl (C=O) groups is 1. The lowest BCUT2D eigenvalue weighted by molar-refractivity contribution is -0.119. The van der Waals surface area contributed by atoms with Crippen molar-refractivity contribution >= 4 is 36.4 Å². The number of carbonyl (C=O) groups excluding carboxylic acids is 1. The molecule has 0 bridgehead atoms. The van der Waals surface area contributed by atoms with E-state index in [1.807, 2.05) is 39.0 Å². The summed E-state index contributed by atoms with van der Waals surface area (Å²) < 4.78 is 1.77. The Morgan fingerprint density at radius 3 is 2.35 bits per heavy atom. The zero-order chi connectivity index (χ0) is 15.6. The number of anilines is 1. The molecule has 2 unspecified atom stereocenters. The highest BCUT2D eigenvalue weighted by Crippen LogP contribution is 2.13. The van der Waals surface area contributed by atoms with Gasteiger partial charge in [-0.15, -0.1) is 24.8 Å². The van der Waals surface area contributed by atoms with E-state index in [-0.39, 0.29) is 42.7 Å². The number of aromatic nitrogens is 3. The maximum atomic E-state index is 11.9. The number of nitrogens with zero attached hydrogens (tertiary/aromatic N) is 3. The molecule has 0 spiro atoms. The van der Waals surface area contributed by atoms with Crippen LogP contribution in [0.1, 0.15) is 25.2 Å². The Bertz CT molecular complexity index is 640. The number of nitrogens with one attached hydrogen (secondary N) is 1. The molecule has 128 valence electrons. The molecule has 2 atom stereocenters. The minimum atomic E-state index is -0.249. The molecule has 0 aliphatic heterocycles. The lowest BCUT2D eigenvalue weighted by atomic mass is 10.0. The number of hydrogen-bond donors (Lipinski definition) is 2. The van der Waals surface area contributed by atoms with Crippen LogP contribution in [-0.4, -0.2) is 26.7 Å². The molecule has 0 radical (unpaired) electrons. The second-order valence-electron chi connectivity index (χ2n) is 5.38. The number of nitrogens with two attached hydrogens (primary N) is 1. The molecule has 2 aromatic heterocycles. The first-order valence-corrected chi connectivity index (χ1v) is 6.94. The van der Waals surface area contributed by atoms with Crippen LogP contribution in [0.4, 0.5) is 5.69 Å². The van der Waals surface area contributed by atoms with E-state index in [0.717, 1.165) is 17.2 Å². The Balaban J connectivity index is 0.00000242. The van der Waals surface area contributed by atoms with Crippen molar-refractivity contribution in [3.63, 3.8) is 0 Å². The third-order valence-electron chi connectivity index (χ3n) is 3.44. The Labute approximate surface area is 148 Å². The van der Waals surface area contributed by atoms with Gasteiger partial charge in [-0.25, -0.2) is 9.67 Å². The van der Waals surface area contributed by atoms with Crippen LogP contribution in [0.25, 0.3) is 5.82 Å². The van der Waals surface area contributed by atoms with Crippen molar-refractivity contribution in [1.82, 2.24) is 14.8 Å². The third-order valence-corrected chi connectivity index (χ3v) is 3.44. The number of pyridine rings is 1. The summed E-state index contributed by atoms with van der Waals surface area (Å²) in [5.41, 5.74) is 8.33. The minimum absolute atomic E-state index is 0. The Morgan fingerprint density at radius 1 is 1.26 bits per heavy atom. The summed E-state index contributed by atoms with van der Waals surface area (Å²) in [4.78, 5) is 16.3. The van der Waals surface area contributed by atoms with E-state index < -0.39 is 0 Å². The van der Waals surface area contributed by atoms with Gasteiger partial charge in [-0.1, -0.05) is 6.92 Å². The van der Waals surface area contributed by atoms with Gasteiger partial charge >= 0.3 is 0 Å². The van der Waals surface area contributed by atoms with Crippen molar-refractivity contribution in [3.8, 4) is 5.82 Å². The average molecular weight is 360 g/mol. The van der Waals surface area contributed by atoms with Crippen molar-refractivity contribution in [3.05, 3.63) is 35.8 Å². The van der Waals surface area contributed by atoms with Crippen molar-refractivity contribution in [2.45, 2.75) is 33.7 Å². The van der Waals surface area contributed by atoms with Gasteiger partial charge in [0.25, 0.3) is 0 Å². The maximum absolute atomic E-state index is 11.9. The van der Waals surface area contributed by atoms with E-state index >= 15 is 0 Å². The van der Waals surface area contributed by atoms with E-state index in [2.05, 4.69) is 15.4 Å². The van der Waals surface area contributed by atoms with Crippen LogP contribution >= 0.6 is 24.8 Å². The summed E-state index contributed by atoms with van der Waals surface area (Å²) >= 11 is 0.